The first-order chi connectivity index (χ1) is 32.3. The number of aliphatic hydroxyl groups excluding tert-OH is 6. The summed E-state index contributed by atoms with van der Waals surface area (Å²) in [6, 6.07) is -0.977. The molecule has 1 aromatic heterocycles. The first kappa shape index (κ1) is 59.9. The maximum Gasteiger partial charge on any atom is 0.483 e. The van der Waals surface area contributed by atoms with Crippen molar-refractivity contribution in [3.63, 3.8) is 0 Å². The Balaban J connectivity index is 1.70. The molecule has 68 heavy (non-hydrogen) atoms. The Morgan fingerprint density at radius 3 is 1.81 bits per heavy atom. The number of amides is 1. The van der Waals surface area contributed by atoms with Crippen LogP contribution >= 0.6 is 15.6 Å². The molecule has 0 bridgehead atoms. The molecule has 2 aliphatic rings. The van der Waals surface area contributed by atoms with Gasteiger partial charge in [-0.2, -0.15) is 4.31 Å². The van der Waals surface area contributed by atoms with Gasteiger partial charge in [-0.05, 0) is 12.8 Å². The summed E-state index contributed by atoms with van der Waals surface area (Å²) in [5.74, 6) is -1.98. The zero-order valence-electron chi connectivity index (χ0n) is 39.3. The van der Waals surface area contributed by atoms with Crippen molar-refractivity contribution < 1.29 is 86.7 Å². The van der Waals surface area contributed by atoms with E-state index in [0.29, 0.717) is 12.8 Å². The number of unbranched alkanes of at least 4 members (excludes halogenated alkanes) is 16. The smallest absolute Gasteiger partial charge is 0.457 e. The number of phosphoric ester groups is 2. The Bertz CT molecular complexity index is 1840. The molecule has 2 saturated heterocycles. The van der Waals surface area contributed by atoms with E-state index in [1.54, 1.807) is 0 Å². The Labute approximate surface area is 397 Å². The molecule has 0 saturated carbocycles. The Hall–Kier alpha value is -2.44. The average Bonchev–Trinajstić information content (AvgIpc) is 3.54. The molecule has 2 aliphatic heterocycles. The van der Waals surface area contributed by atoms with Crippen LogP contribution in [-0.4, -0.2) is 136 Å². The maximum atomic E-state index is 13.4. The minimum absolute atomic E-state index is 0.245. The van der Waals surface area contributed by atoms with Crippen LogP contribution in [0.25, 0.3) is 0 Å². The van der Waals surface area contributed by atoms with Crippen molar-refractivity contribution >= 4 is 27.5 Å². The minimum Gasteiger partial charge on any atom is -0.457 e. The molecule has 0 aliphatic carbocycles. The summed E-state index contributed by atoms with van der Waals surface area (Å²) in [6.07, 6.45) is 1.76. The van der Waals surface area contributed by atoms with E-state index >= 15 is 0 Å². The summed E-state index contributed by atoms with van der Waals surface area (Å²) in [5.41, 5.74) is -1.79. The van der Waals surface area contributed by atoms with Crippen molar-refractivity contribution in [1.29, 1.82) is 0 Å². The second-order valence-corrected chi connectivity index (χ2v) is 20.7. The number of esters is 1. The second kappa shape index (κ2) is 31.1. The second-order valence-electron chi connectivity index (χ2n) is 17.7. The number of rotatable bonds is 35. The van der Waals surface area contributed by atoms with Gasteiger partial charge < -0.3 is 60.0 Å². The molecule has 0 spiro atoms. The number of aromatic nitrogens is 2. The van der Waals surface area contributed by atoms with Crippen LogP contribution in [-0.2, 0) is 46.3 Å². The van der Waals surface area contributed by atoms with Crippen molar-refractivity contribution in [2.24, 2.45) is 0 Å². The minimum atomic E-state index is -5.89. The number of nitrogens with zero attached hydrogens (tertiary/aromatic N) is 1. The van der Waals surface area contributed by atoms with Crippen molar-refractivity contribution in [3.8, 4) is 0 Å². The quantitative estimate of drug-likeness (QED) is 0.0265. The van der Waals surface area contributed by atoms with E-state index in [4.69, 9.17) is 23.3 Å². The molecule has 2 fully saturated rings. The Morgan fingerprint density at radius 2 is 1.28 bits per heavy atom. The fraction of sp³-hybridized carbons (Fsp3) is 0.860. The van der Waals surface area contributed by atoms with Gasteiger partial charge in [0.25, 0.3) is 5.56 Å². The summed E-state index contributed by atoms with van der Waals surface area (Å²) < 4.78 is 57.8. The third-order valence-electron chi connectivity index (χ3n) is 11.9. The lowest BCUT2D eigenvalue weighted by atomic mass is 9.96. The van der Waals surface area contributed by atoms with E-state index in [1.807, 2.05) is 4.98 Å². The summed E-state index contributed by atoms with van der Waals surface area (Å²) >= 11 is 0. The van der Waals surface area contributed by atoms with Crippen LogP contribution in [0, 0.1) is 0 Å². The SMILES string of the molecule is CCCCCCCCCCCC(O)CC(=O)N[C@H]1[C@H](OP(=O)(O)OP(=O)(O)OC[C@H]2O[C@@H](n3ccc(=O)[nH]c3=O)[C@H](O)[C@@H]2O)O[C@H](CO)[C@@H](O)[C@@H]1OC(=O)CC(O)CCCCCCCCCCC. The summed E-state index contributed by atoms with van der Waals surface area (Å²) in [4.78, 5) is 73.5. The van der Waals surface area contributed by atoms with Gasteiger partial charge in [0.1, 0.15) is 36.6 Å². The van der Waals surface area contributed by atoms with Crippen molar-refractivity contribution in [2.75, 3.05) is 13.2 Å². The number of aromatic amines is 1. The number of hydrogen-bond donors (Lipinski definition) is 10. The highest BCUT2D eigenvalue weighted by atomic mass is 31.3. The zero-order chi connectivity index (χ0) is 50.3. The lowest BCUT2D eigenvalue weighted by Gasteiger charge is -2.43. The average molecular weight is 1020 g/mol. The van der Waals surface area contributed by atoms with E-state index in [9.17, 15) is 68.7 Å². The first-order valence-electron chi connectivity index (χ1n) is 24.1. The standard InChI is InChI=1S/C43H77N3O20P2/c1-3-5-7-9-11-13-15-17-19-21-29(48)25-34(51)44-36-40(64-35(52)26-30(49)22-20-18-16-14-12-10-8-6-4-2)38(54)31(27-47)63-42(36)65-68(59,60)66-67(57,58)61-28-32-37(53)39(55)41(62-32)46-24-23-33(50)45-43(46)56/h23-24,29-32,36-42,47-49,53-55H,3-22,25-28H2,1-2H3,(H,44,51)(H,57,58)(H,59,60)(H,45,50,56)/t29?,30?,31-,32-,36-,37-,38-,39-,40-,41-,42+/m1/s1. The number of aliphatic hydroxyl groups is 6. The molecule has 13 atom stereocenters. The highest BCUT2D eigenvalue weighted by molar-refractivity contribution is 7.61. The topological polar surface area (TPSA) is 352 Å². The van der Waals surface area contributed by atoms with Crippen LogP contribution in [0.15, 0.2) is 21.9 Å². The third-order valence-corrected chi connectivity index (χ3v) is 14.5. The van der Waals surface area contributed by atoms with E-state index in [0.717, 1.165) is 93.9 Å². The van der Waals surface area contributed by atoms with Crippen molar-refractivity contribution in [1.82, 2.24) is 14.9 Å². The largest absolute Gasteiger partial charge is 0.483 e. The number of carbonyl (C=O) groups excluding carboxylic acids is 2. The van der Waals surface area contributed by atoms with Crippen LogP contribution in [0.3, 0.4) is 0 Å². The first-order valence-corrected chi connectivity index (χ1v) is 27.1. The predicted molar refractivity (Wildman–Crippen MR) is 244 cm³/mol. The normalized spacial score (nSPS) is 26.7. The third kappa shape index (κ3) is 21.5. The van der Waals surface area contributed by atoms with Gasteiger partial charge in [-0.25, -0.2) is 13.9 Å². The Morgan fingerprint density at radius 1 is 0.750 bits per heavy atom. The van der Waals surface area contributed by atoms with E-state index in [-0.39, 0.29) is 12.8 Å². The Kier molecular flexibility index (Phi) is 27.4. The molecular formula is C43H77N3O20P2. The van der Waals surface area contributed by atoms with Gasteiger partial charge in [-0.15, -0.1) is 0 Å². The van der Waals surface area contributed by atoms with Crippen LogP contribution in [0.5, 0.6) is 0 Å². The van der Waals surface area contributed by atoms with E-state index in [2.05, 4.69) is 23.5 Å². The molecule has 1 amide bonds. The molecule has 1 aromatic rings. The summed E-state index contributed by atoms with van der Waals surface area (Å²) in [5, 5.41) is 66.1. The van der Waals surface area contributed by atoms with Gasteiger partial charge >= 0.3 is 27.3 Å². The predicted octanol–water partition coefficient (Wildman–Crippen LogP) is 3.22. The number of phosphoric acid groups is 2. The monoisotopic (exact) mass is 1020 g/mol. The molecular weight excluding hydrogens is 940 g/mol. The van der Waals surface area contributed by atoms with E-state index in [1.165, 1.54) is 25.7 Å². The van der Waals surface area contributed by atoms with Gasteiger partial charge in [-0.1, -0.05) is 129 Å². The molecule has 23 nitrogen and oxygen atoms in total. The van der Waals surface area contributed by atoms with Crippen LogP contribution < -0.4 is 16.6 Å². The highest BCUT2D eigenvalue weighted by Gasteiger charge is 2.52. The number of ether oxygens (including phenoxy) is 3. The van der Waals surface area contributed by atoms with Crippen molar-refractivity contribution in [3.05, 3.63) is 33.1 Å². The van der Waals surface area contributed by atoms with Crippen LogP contribution in [0.1, 0.15) is 161 Å². The molecule has 0 radical (unpaired) electrons. The fourth-order valence-corrected chi connectivity index (χ4v) is 10.2. The van der Waals surface area contributed by atoms with Gasteiger partial charge in [0, 0.05) is 12.3 Å². The molecule has 10 N–H and O–H groups in total. The highest BCUT2D eigenvalue weighted by Crippen LogP contribution is 2.61. The maximum absolute atomic E-state index is 13.4. The van der Waals surface area contributed by atoms with Crippen LogP contribution in [0.4, 0.5) is 0 Å². The molecule has 4 unspecified atom stereocenters. The van der Waals surface area contributed by atoms with Gasteiger partial charge in [0.05, 0.1) is 38.3 Å². The number of carbonyl (C=O) groups is 2. The van der Waals surface area contributed by atoms with E-state index < -0.39 is 132 Å². The summed E-state index contributed by atoms with van der Waals surface area (Å²) in [6.45, 7) is 2.20. The molecule has 0 aromatic carbocycles. The molecule has 25 heteroatoms. The van der Waals surface area contributed by atoms with Gasteiger partial charge in [0.2, 0.25) is 5.91 Å². The van der Waals surface area contributed by atoms with Crippen LogP contribution in [0.2, 0.25) is 0 Å². The molecule has 3 heterocycles. The van der Waals surface area contributed by atoms with Crippen molar-refractivity contribution in [2.45, 2.75) is 222 Å². The lowest BCUT2D eigenvalue weighted by Crippen LogP contribution is -2.65. The van der Waals surface area contributed by atoms with Gasteiger partial charge in [0.15, 0.2) is 18.6 Å². The molecule has 394 valence electrons. The number of nitrogens with one attached hydrogen (secondary N) is 2. The number of H-pyrrole nitrogens is 1. The number of hydrogen-bond acceptors (Lipinski definition) is 18. The van der Waals surface area contributed by atoms with Gasteiger partial charge in [-0.3, -0.25) is 33.0 Å². The zero-order valence-corrected chi connectivity index (χ0v) is 41.1. The summed E-state index contributed by atoms with van der Waals surface area (Å²) in [7, 11) is -11.6. The fourth-order valence-electron chi connectivity index (χ4n) is 8.08. The lowest BCUT2D eigenvalue weighted by molar-refractivity contribution is -0.253. The molecule has 3 rings (SSSR count).